The van der Waals surface area contributed by atoms with Crippen molar-refractivity contribution in [2.75, 3.05) is 36.5 Å². The molecule has 3 aromatic rings. The van der Waals surface area contributed by atoms with Crippen LogP contribution in [0.3, 0.4) is 0 Å². The average Bonchev–Trinajstić information content (AvgIpc) is 3.37. The highest BCUT2D eigenvalue weighted by Crippen LogP contribution is 2.31. The Morgan fingerprint density at radius 1 is 1.00 bits per heavy atom. The van der Waals surface area contributed by atoms with Gasteiger partial charge in [-0.25, -0.2) is 18.6 Å². The van der Waals surface area contributed by atoms with Crippen molar-refractivity contribution in [2.24, 2.45) is 0 Å². The largest absolute Gasteiger partial charge is 0.465 e. The number of amides is 2. The molecule has 1 aliphatic heterocycles. The van der Waals surface area contributed by atoms with Crippen molar-refractivity contribution in [3.63, 3.8) is 0 Å². The molecule has 1 saturated carbocycles. The number of hydrogen-bond donors (Lipinski definition) is 3. The number of carbonyl (C=O) groups is 2. The van der Waals surface area contributed by atoms with Crippen LogP contribution in [0.25, 0.3) is 16.9 Å². The first kappa shape index (κ1) is 32.3. The van der Waals surface area contributed by atoms with Crippen molar-refractivity contribution >= 4 is 34.8 Å². The van der Waals surface area contributed by atoms with Crippen LogP contribution in [0.2, 0.25) is 0 Å². The molecule has 2 amide bonds. The molecule has 0 spiro atoms. The second-order valence-corrected chi connectivity index (χ2v) is 13.1. The van der Waals surface area contributed by atoms with E-state index in [0.29, 0.717) is 67.8 Å². The Morgan fingerprint density at radius 3 is 2.27 bits per heavy atom. The molecule has 12 nitrogen and oxygen atoms in total. The molecule has 0 bridgehead atoms. The molecule has 45 heavy (non-hydrogen) atoms. The Labute approximate surface area is 261 Å². The van der Waals surface area contributed by atoms with E-state index in [1.807, 2.05) is 4.90 Å². The monoisotopic (exact) mass is 628 g/mol. The van der Waals surface area contributed by atoms with Gasteiger partial charge in [0.2, 0.25) is 11.9 Å². The minimum atomic E-state index is -2.81. The first-order valence-electron chi connectivity index (χ1n) is 15.3. The standard InChI is InChI=1S/C31H42F2N8O4/c1-30(2,3)41(29(43)44)31(4,5)27(42)35-20-12-10-19(11-13-20)34-23-18-24(38-28(37-23)39-14-16-45-17-15-39)40-22-9-7-6-8-21(22)36-26(40)25(32)33/h6-9,18-20,25H,10-17H2,1-5H3,(H,35,42)(H,43,44)(H,34,37,38)/t19-,20-. The Hall–Kier alpha value is -4.07. The number of nitrogens with zero attached hydrogens (tertiary/aromatic N) is 6. The summed E-state index contributed by atoms with van der Waals surface area (Å²) in [4.78, 5) is 42.1. The number of imidazole rings is 1. The van der Waals surface area contributed by atoms with Crippen LogP contribution in [0.5, 0.6) is 0 Å². The van der Waals surface area contributed by atoms with Gasteiger partial charge in [-0.2, -0.15) is 9.97 Å². The summed E-state index contributed by atoms with van der Waals surface area (Å²) in [6.45, 7) is 10.7. The fraction of sp³-hybridized carbons (Fsp3) is 0.581. The highest BCUT2D eigenvalue weighted by atomic mass is 19.3. The molecular weight excluding hydrogens is 586 g/mol. The van der Waals surface area contributed by atoms with Gasteiger partial charge in [-0.15, -0.1) is 0 Å². The number of rotatable bonds is 8. The third-order valence-electron chi connectivity index (χ3n) is 8.40. The lowest BCUT2D eigenvalue weighted by Gasteiger charge is -2.44. The normalized spacial score (nSPS) is 19.5. The number of benzene rings is 1. The van der Waals surface area contributed by atoms with Crippen LogP contribution < -0.4 is 15.5 Å². The number of hydrogen-bond acceptors (Lipinski definition) is 8. The molecule has 0 unspecified atom stereocenters. The second-order valence-electron chi connectivity index (χ2n) is 13.1. The summed E-state index contributed by atoms with van der Waals surface area (Å²) < 4.78 is 35.3. The van der Waals surface area contributed by atoms with Crippen LogP contribution >= 0.6 is 0 Å². The molecule has 0 radical (unpaired) electrons. The fourth-order valence-corrected chi connectivity index (χ4v) is 6.37. The van der Waals surface area contributed by atoms with Gasteiger partial charge in [0.05, 0.1) is 24.2 Å². The van der Waals surface area contributed by atoms with E-state index < -0.39 is 23.6 Å². The lowest BCUT2D eigenvalue weighted by Crippen LogP contribution is -2.64. The number of halogens is 2. The number of para-hydroxylation sites is 2. The van der Waals surface area contributed by atoms with Gasteiger partial charge in [0.15, 0.2) is 5.82 Å². The zero-order valence-corrected chi connectivity index (χ0v) is 26.4. The maximum atomic E-state index is 14.2. The highest BCUT2D eigenvalue weighted by molar-refractivity contribution is 5.89. The summed E-state index contributed by atoms with van der Waals surface area (Å²) in [5, 5.41) is 16.4. The zero-order chi connectivity index (χ0) is 32.5. The minimum Gasteiger partial charge on any atom is -0.465 e. The van der Waals surface area contributed by atoms with Crippen LogP contribution in [0, 0.1) is 0 Å². The number of carboxylic acid groups (broad SMARTS) is 1. The molecule has 244 valence electrons. The maximum Gasteiger partial charge on any atom is 0.408 e. The van der Waals surface area contributed by atoms with E-state index in [1.54, 1.807) is 65.0 Å². The quantitative estimate of drug-likeness (QED) is 0.315. The van der Waals surface area contributed by atoms with E-state index in [4.69, 9.17) is 14.7 Å². The molecule has 2 fully saturated rings. The molecule has 1 saturated heterocycles. The van der Waals surface area contributed by atoms with Gasteiger partial charge < -0.3 is 25.4 Å². The topological polar surface area (TPSA) is 138 Å². The lowest BCUT2D eigenvalue weighted by atomic mass is 9.89. The van der Waals surface area contributed by atoms with Crippen molar-refractivity contribution < 1.29 is 28.2 Å². The Kier molecular flexibility index (Phi) is 9.15. The lowest BCUT2D eigenvalue weighted by molar-refractivity contribution is -0.134. The number of alkyl halides is 2. The molecule has 0 atom stereocenters. The number of nitrogens with one attached hydrogen (secondary N) is 2. The van der Waals surface area contributed by atoms with Crippen molar-refractivity contribution in [2.45, 2.75) is 89.9 Å². The molecule has 3 heterocycles. The Morgan fingerprint density at radius 2 is 1.64 bits per heavy atom. The molecule has 3 N–H and O–H groups in total. The van der Waals surface area contributed by atoms with Crippen LogP contribution in [0.4, 0.5) is 25.3 Å². The van der Waals surface area contributed by atoms with Crippen molar-refractivity contribution in [1.82, 2.24) is 29.7 Å². The molecular formula is C31H42F2N8O4. The summed E-state index contributed by atoms with van der Waals surface area (Å²) in [7, 11) is 0. The first-order valence-corrected chi connectivity index (χ1v) is 15.3. The van der Waals surface area contributed by atoms with Crippen molar-refractivity contribution in [1.29, 1.82) is 0 Å². The predicted molar refractivity (Wildman–Crippen MR) is 166 cm³/mol. The third-order valence-corrected chi connectivity index (χ3v) is 8.40. The Bertz CT molecular complexity index is 1530. The summed E-state index contributed by atoms with van der Waals surface area (Å²) in [6, 6.07) is 8.56. The van der Waals surface area contributed by atoms with E-state index in [2.05, 4.69) is 15.6 Å². The molecule has 2 aromatic heterocycles. The third kappa shape index (κ3) is 6.95. The van der Waals surface area contributed by atoms with Crippen LogP contribution in [-0.4, -0.2) is 91.0 Å². The van der Waals surface area contributed by atoms with E-state index in [-0.39, 0.29) is 23.8 Å². The summed E-state index contributed by atoms with van der Waals surface area (Å²) in [5.41, 5.74) is -1.05. The zero-order valence-electron chi connectivity index (χ0n) is 26.4. The van der Waals surface area contributed by atoms with E-state index in [1.165, 1.54) is 9.47 Å². The average molecular weight is 629 g/mol. The number of morpholine rings is 1. The molecule has 1 aromatic carbocycles. The number of ether oxygens (including phenoxy) is 1. The van der Waals surface area contributed by atoms with Gasteiger partial charge in [0.1, 0.15) is 17.2 Å². The van der Waals surface area contributed by atoms with Gasteiger partial charge >= 0.3 is 6.09 Å². The summed E-state index contributed by atoms with van der Waals surface area (Å²) in [6.07, 6.45) is -1.17. The van der Waals surface area contributed by atoms with Gasteiger partial charge in [0.25, 0.3) is 6.43 Å². The van der Waals surface area contributed by atoms with Gasteiger partial charge in [0, 0.05) is 36.8 Å². The molecule has 2 aliphatic rings. The Balaban J connectivity index is 1.34. The summed E-state index contributed by atoms with van der Waals surface area (Å²) in [5.74, 6) is 0.495. The molecule has 5 rings (SSSR count). The first-order chi connectivity index (χ1) is 21.3. The minimum absolute atomic E-state index is 0.0191. The fourth-order valence-electron chi connectivity index (χ4n) is 6.37. The second kappa shape index (κ2) is 12.7. The van der Waals surface area contributed by atoms with E-state index in [0.717, 1.165) is 12.8 Å². The maximum absolute atomic E-state index is 14.2. The highest BCUT2D eigenvalue weighted by Gasteiger charge is 2.44. The van der Waals surface area contributed by atoms with Crippen LogP contribution in [0.15, 0.2) is 30.3 Å². The van der Waals surface area contributed by atoms with E-state index in [9.17, 15) is 23.5 Å². The number of carbonyl (C=O) groups excluding carboxylic acids is 1. The molecule has 1 aliphatic carbocycles. The van der Waals surface area contributed by atoms with Gasteiger partial charge in [-0.05, 0) is 72.4 Å². The number of aromatic nitrogens is 4. The smallest absolute Gasteiger partial charge is 0.408 e. The van der Waals surface area contributed by atoms with Gasteiger partial charge in [-0.3, -0.25) is 14.3 Å². The summed E-state index contributed by atoms with van der Waals surface area (Å²) >= 11 is 0. The van der Waals surface area contributed by atoms with E-state index >= 15 is 0 Å². The molecule has 14 heteroatoms. The SMILES string of the molecule is CC(C)(C)N(C(=O)O)C(C)(C)C(=O)N[C@H]1CC[C@H](Nc2cc(-n3c(C(F)F)nc4ccccc43)nc(N3CCOCC3)n2)CC1. The van der Waals surface area contributed by atoms with Gasteiger partial charge in [-0.1, -0.05) is 12.1 Å². The number of fused-ring (bicyclic) bond motifs is 1. The van der Waals surface area contributed by atoms with Crippen LogP contribution in [-0.2, 0) is 9.53 Å². The van der Waals surface area contributed by atoms with Crippen LogP contribution in [0.1, 0.15) is 72.6 Å². The van der Waals surface area contributed by atoms with Crippen molar-refractivity contribution in [3.8, 4) is 5.82 Å². The number of anilines is 2. The van der Waals surface area contributed by atoms with Crippen molar-refractivity contribution in [3.05, 3.63) is 36.2 Å². The predicted octanol–water partition coefficient (Wildman–Crippen LogP) is 4.99.